The lowest BCUT2D eigenvalue weighted by Gasteiger charge is -2.23. The molecule has 0 spiro atoms. The van der Waals surface area contributed by atoms with Crippen molar-refractivity contribution < 1.29 is 18.8 Å². The first-order chi connectivity index (χ1) is 14.1. The maximum Gasteiger partial charge on any atom is 0.409 e. The van der Waals surface area contributed by atoms with Crippen LogP contribution in [-0.4, -0.2) is 35.8 Å². The van der Waals surface area contributed by atoms with E-state index in [4.69, 9.17) is 14.0 Å². The van der Waals surface area contributed by atoms with Gasteiger partial charge in [-0.15, -0.1) is 0 Å². The lowest BCUT2D eigenvalue weighted by molar-refractivity contribution is 0.103. The number of carbonyl (C=O) groups excluding carboxylic acids is 1. The van der Waals surface area contributed by atoms with E-state index in [0.29, 0.717) is 17.8 Å². The summed E-state index contributed by atoms with van der Waals surface area (Å²) in [7, 11) is 1.78. The lowest BCUT2D eigenvalue weighted by Crippen LogP contribution is -2.29. The molecule has 0 atom stereocenters. The lowest BCUT2D eigenvalue weighted by atomic mass is 9.98. The van der Waals surface area contributed by atoms with Crippen LogP contribution in [0.3, 0.4) is 0 Å². The number of hydrogen-bond donors (Lipinski definition) is 0. The quantitative estimate of drug-likeness (QED) is 0.630. The molecule has 0 bridgehead atoms. The molecule has 4 rings (SSSR count). The normalized spacial score (nSPS) is 17.2. The molecule has 6 nitrogen and oxygen atoms in total. The summed E-state index contributed by atoms with van der Waals surface area (Å²) in [5, 5.41) is 4.08. The first-order valence-corrected chi connectivity index (χ1v) is 10.7. The zero-order valence-electron chi connectivity index (χ0n) is 17.4. The molecule has 1 heterocycles. The first kappa shape index (κ1) is 19.8. The topological polar surface area (TPSA) is 64.8 Å². The standard InChI is InChI=1S/C23H30N2O4/c1-16-21(15-27-23(26)25(2)14-17-8-9-17)22(29-24-16)18-10-12-20(13-11-18)28-19-6-4-3-5-7-19/h10-13,17,19H,3-9,14-15H2,1-2H3. The van der Waals surface area contributed by atoms with Gasteiger partial charge >= 0.3 is 6.09 Å². The van der Waals surface area contributed by atoms with Gasteiger partial charge in [-0.3, -0.25) is 0 Å². The second-order valence-electron chi connectivity index (χ2n) is 8.36. The summed E-state index contributed by atoms with van der Waals surface area (Å²) in [4.78, 5) is 13.9. The van der Waals surface area contributed by atoms with Crippen molar-refractivity contribution in [1.82, 2.24) is 10.1 Å². The summed E-state index contributed by atoms with van der Waals surface area (Å²) >= 11 is 0. The summed E-state index contributed by atoms with van der Waals surface area (Å²) in [5.41, 5.74) is 2.44. The Morgan fingerprint density at radius 2 is 1.86 bits per heavy atom. The zero-order valence-corrected chi connectivity index (χ0v) is 17.4. The molecular weight excluding hydrogens is 368 g/mol. The fraction of sp³-hybridized carbons (Fsp3) is 0.565. The Kier molecular flexibility index (Phi) is 6.07. The van der Waals surface area contributed by atoms with E-state index in [-0.39, 0.29) is 12.7 Å². The Bertz CT molecular complexity index is 820. The van der Waals surface area contributed by atoms with Crippen LogP contribution < -0.4 is 4.74 Å². The van der Waals surface area contributed by atoms with Crippen LogP contribution in [0, 0.1) is 12.8 Å². The van der Waals surface area contributed by atoms with Gasteiger partial charge < -0.3 is 18.9 Å². The number of rotatable bonds is 7. The fourth-order valence-electron chi connectivity index (χ4n) is 3.85. The smallest absolute Gasteiger partial charge is 0.409 e. The highest BCUT2D eigenvalue weighted by atomic mass is 16.6. The van der Waals surface area contributed by atoms with Gasteiger partial charge in [0.2, 0.25) is 0 Å². The fourth-order valence-corrected chi connectivity index (χ4v) is 3.85. The average molecular weight is 399 g/mol. The number of nitrogens with zero attached hydrogens (tertiary/aromatic N) is 2. The third-order valence-corrected chi connectivity index (χ3v) is 5.84. The van der Waals surface area contributed by atoms with Crippen molar-refractivity contribution in [3.63, 3.8) is 0 Å². The zero-order chi connectivity index (χ0) is 20.2. The third kappa shape index (κ3) is 5.11. The van der Waals surface area contributed by atoms with Crippen molar-refractivity contribution in [2.75, 3.05) is 13.6 Å². The highest BCUT2D eigenvalue weighted by molar-refractivity contribution is 5.68. The van der Waals surface area contributed by atoms with Crippen LogP contribution in [0.5, 0.6) is 5.75 Å². The highest BCUT2D eigenvalue weighted by Gasteiger charge is 2.26. The molecule has 2 fully saturated rings. The maximum absolute atomic E-state index is 12.2. The molecule has 6 heteroatoms. The predicted octanol–water partition coefficient (Wildman–Crippen LogP) is 5.34. The third-order valence-electron chi connectivity index (χ3n) is 5.84. The number of aryl methyl sites for hydroxylation is 1. The monoisotopic (exact) mass is 398 g/mol. The van der Waals surface area contributed by atoms with E-state index in [9.17, 15) is 4.79 Å². The van der Waals surface area contributed by atoms with Crippen LogP contribution in [0.2, 0.25) is 0 Å². The van der Waals surface area contributed by atoms with Crippen LogP contribution in [-0.2, 0) is 11.3 Å². The molecule has 2 aliphatic carbocycles. The van der Waals surface area contributed by atoms with Crippen LogP contribution in [0.4, 0.5) is 4.79 Å². The van der Waals surface area contributed by atoms with Crippen LogP contribution in [0.25, 0.3) is 11.3 Å². The van der Waals surface area contributed by atoms with Gasteiger partial charge in [-0.05, 0) is 75.6 Å². The Morgan fingerprint density at radius 1 is 1.14 bits per heavy atom. The SMILES string of the molecule is Cc1noc(-c2ccc(OC3CCCCC3)cc2)c1COC(=O)N(C)CC1CC1. The minimum Gasteiger partial charge on any atom is -0.490 e. The Hall–Kier alpha value is -2.50. The Morgan fingerprint density at radius 3 is 2.55 bits per heavy atom. The number of benzene rings is 1. The molecule has 2 aliphatic rings. The number of ether oxygens (including phenoxy) is 2. The van der Waals surface area contributed by atoms with Crippen LogP contribution in [0.15, 0.2) is 28.8 Å². The van der Waals surface area contributed by atoms with Crippen molar-refractivity contribution in [2.24, 2.45) is 5.92 Å². The molecule has 29 heavy (non-hydrogen) atoms. The molecule has 1 aromatic carbocycles. The maximum atomic E-state index is 12.2. The van der Waals surface area contributed by atoms with Gasteiger partial charge in [-0.25, -0.2) is 4.79 Å². The number of carbonyl (C=O) groups is 1. The second-order valence-corrected chi connectivity index (χ2v) is 8.36. The molecule has 0 unspecified atom stereocenters. The molecule has 0 aliphatic heterocycles. The summed E-state index contributed by atoms with van der Waals surface area (Å²) in [6, 6.07) is 7.90. The van der Waals surface area contributed by atoms with Crippen LogP contribution in [0.1, 0.15) is 56.2 Å². The average Bonchev–Trinajstić information content (AvgIpc) is 3.48. The van der Waals surface area contributed by atoms with Crippen molar-refractivity contribution in [3.05, 3.63) is 35.5 Å². The molecule has 0 N–H and O–H groups in total. The number of hydrogen-bond acceptors (Lipinski definition) is 5. The summed E-state index contributed by atoms with van der Waals surface area (Å²) in [6.45, 7) is 2.78. The Labute approximate surface area is 172 Å². The second kappa shape index (κ2) is 8.89. The molecule has 0 saturated heterocycles. The molecular formula is C23H30N2O4. The van der Waals surface area contributed by atoms with Gasteiger partial charge in [0.25, 0.3) is 0 Å². The van der Waals surface area contributed by atoms with E-state index >= 15 is 0 Å². The van der Waals surface area contributed by atoms with E-state index in [1.54, 1.807) is 11.9 Å². The van der Waals surface area contributed by atoms with Gasteiger partial charge in [0.15, 0.2) is 5.76 Å². The Balaban J connectivity index is 1.38. The van der Waals surface area contributed by atoms with E-state index in [1.165, 1.54) is 32.1 Å². The van der Waals surface area contributed by atoms with Crippen molar-refractivity contribution in [2.45, 2.75) is 64.6 Å². The number of amides is 1. The molecule has 2 saturated carbocycles. The van der Waals surface area contributed by atoms with Gasteiger partial charge in [0.1, 0.15) is 12.4 Å². The molecule has 1 aromatic heterocycles. The minimum atomic E-state index is -0.306. The van der Waals surface area contributed by atoms with Crippen LogP contribution >= 0.6 is 0 Å². The summed E-state index contributed by atoms with van der Waals surface area (Å²) in [5.74, 6) is 2.16. The van der Waals surface area contributed by atoms with E-state index in [2.05, 4.69) is 5.16 Å². The van der Waals surface area contributed by atoms with Gasteiger partial charge in [0.05, 0.1) is 17.4 Å². The van der Waals surface area contributed by atoms with Gasteiger partial charge in [0, 0.05) is 19.2 Å². The number of aromatic nitrogens is 1. The van der Waals surface area contributed by atoms with E-state index < -0.39 is 0 Å². The van der Waals surface area contributed by atoms with E-state index in [1.807, 2.05) is 31.2 Å². The largest absolute Gasteiger partial charge is 0.490 e. The van der Waals surface area contributed by atoms with Crippen molar-refractivity contribution in [3.8, 4) is 17.1 Å². The molecule has 1 amide bonds. The molecule has 2 aromatic rings. The van der Waals surface area contributed by atoms with Crippen molar-refractivity contribution in [1.29, 1.82) is 0 Å². The molecule has 156 valence electrons. The summed E-state index contributed by atoms with van der Waals surface area (Å²) in [6.07, 6.45) is 8.50. The first-order valence-electron chi connectivity index (χ1n) is 10.7. The van der Waals surface area contributed by atoms with Crippen molar-refractivity contribution >= 4 is 6.09 Å². The van der Waals surface area contributed by atoms with E-state index in [0.717, 1.165) is 42.0 Å². The van der Waals surface area contributed by atoms with Gasteiger partial charge in [-0.2, -0.15) is 0 Å². The van der Waals surface area contributed by atoms with Gasteiger partial charge in [-0.1, -0.05) is 11.6 Å². The molecule has 0 radical (unpaired) electrons. The highest BCUT2D eigenvalue weighted by Crippen LogP contribution is 2.31. The summed E-state index contributed by atoms with van der Waals surface area (Å²) < 4.78 is 17.2. The minimum absolute atomic E-state index is 0.152. The predicted molar refractivity (Wildman–Crippen MR) is 110 cm³/mol.